The molecule has 0 aliphatic heterocycles. The number of methoxy groups -OCH3 is 1. The van der Waals surface area contributed by atoms with Crippen LogP contribution >= 0.6 is 9.69 Å². The van der Waals surface area contributed by atoms with Gasteiger partial charge in [0, 0.05) is 5.75 Å². The zero-order valence-corrected chi connectivity index (χ0v) is 15.9. The average molecular weight is 342 g/mol. The molecule has 0 saturated heterocycles. The van der Waals surface area contributed by atoms with Gasteiger partial charge >= 0.3 is 27.0 Å². The SMILES string of the molecule is COc1cc[c-]cc1C12CC3CC(CC(C3)C1)C2.[Cl][Zn+]. The molecule has 0 spiro atoms. The minimum absolute atomic E-state index is 0.428. The van der Waals surface area contributed by atoms with E-state index in [1.807, 2.05) is 6.07 Å². The van der Waals surface area contributed by atoms with Gasteiger partial charge in [-0.1, -0.05) is 19.3 Å². The summed E-state index contributed by atoms with van der Waals surface area (Å²) >= 11 is 0.847. The standard InChI is InChI=1S/C17H21O.ClH.Zn/c1-18-16-5-3-2-4-15(16)17-9-12-6-13(10-17)8-14(7-12)11-17;;/h3-5,12-14H,6-11H2,1H3;1H;/q-1;;+2/p-1. The van der Waals surface area contributed by atoms with E-state index in [1.54, 1.807) is 7.11 Å². The van der Waals surface area contributed by atoms with Crippen LogP contribution in [-0.2, 0) is 22.7 Å². The van der Waals surface area contributed by atoms with Crippen LogP contribution in [-0.4, -0.2) is 7.11 Å². The molecule has 1 nitrogen and oxygen atoms in total. The monoisotopic (exact) mass is 340 g/mol. The summed E-state index contributed by atoms with van der Waals surface area (Å²) < 4.78 is 5.61. The van der Waals surface area contributed by atoms with Gasteiger partial charge < -0.3 is 4.74 Å². The number of halogens is 1. The number of benzene rings is 1. The second kappa shape index (κ2) is 5.97. The molecule has 104 valence electrons. The Morgan fingerprint density at radius 3 is 2.20 bits per heavy atom. The van der Waals surface area contributed by atoms with Gasteiger partial charge in [-0.2, -0.15) is 18.2 Å². The number of hydrogen-bond donors (Lipinski definition) is 0. The molecule has 5 rings (SSSR count). The third kappa shape index (κ3) is 2.44. The molecule has 20 heavy (non-hydrogen) atoms. The molecule has 4 bridgehead atoms. The third-order valence-corrected chi connectivity index (χ3v) is 5.65. The Bertz CT molecular complexity index is 439. The molecule has 0 unspecified atom stereocenters. The quantitative estimate of drug-likeness (QED) is 0.562. The van der Waals surface area contributed by atoms with Crippen molar-refractivity contribution < 1.29 is 22.0 Å². The van der Waals surface area contributed by atoms with Crippen molar-refractivity contribution in [1.29, 1.82) is 0 Å². The van der Waals surface area contributed by atoms with Crippen molar-refractivity contribution in [1.82, 2.24) is 0 Å². The summed E-state index contributed by atoms with van der Waals surface area (Å²) in [4.78, 5) is 0. The Kier molecular flexibility index (Phi) is 4.43. The molecule has 0 heterocycles. The Balaban J connectivity index is 0.000000581. The molecule has 4 aliphatic carbocycles. The topological polar surface area (TPSA) is 9.23 Å². The van der Waals surface area contributed by atoms with Crippen molar-refractivity contribution in [2.24, 2.45) is 17.8 Å². The van der Waals surface area contributed by atoms with E-state index in [0.717, 1.165) is 40.8 Å². The van der Waals surface area contributed by atoms with Gasteiger partial charge in [-0.15, -0.1) is 11.6 Å². The molecule has 3 heteroatoms. The van der Waals surface area contributed by atoms with Crippen LogP contribution < -0.4 is 4.74 Å². The first-order valence-electron chi connectivity index (χ1n) is 7.60. The first-order chi connectivity index (χ1) is 9.79. The molecule has 0 N–H and O–H groups in total. The molecular formula is C17H21ClOZn. The van der Waals surface area contributed by atoms with Crippen molar-refractivity contribution in [3.05, 3.63) is 29.8 Å². The fraction of sp³-hybridized carbons (Fsp3) is 0.647. The Morgan fingerprint density at radius 2 is 1.70 bits per heavy atom. The Labute approximate surface area is 136 Å². The summed E-state index contributed by atoms with van der Waals surface area (Å²) in [6.45, 7) is 0. The molecule has 1 aromatic rings. The Morgan fingerprint density at radius 1 is 1.15 bits per heavy atom. The zero-order valence-electron chi connectivity index (χ0n) is 12.2. The van der Waals surface area contributed by atoms with E-state index >= 15 is 0 Å². The summed E-state index contributed by atoms with van der Waals surface area (Å²) in [5.74, 6) is 4.05. The van der Waals surface area contributed by atoms with Crippen LogP contribution in [0.25, 0.3) is 0 Å². The fourth-order valence-corrected chi connectivity index (χ4v) is 5.45. The maximum atomic E-state index is 5.61. The summed E-state index contributed by atoms with van der Waals surface area (Å²) in [5, 5.41) is 0. The van der Waals surface area contributed by atoms with E-state index in [-0.39, 0.29) is 0 Å². The summed E-state index contributed by atoms with van der Waals surface area (Å²) in [5.41, 5.74) is 1.88. The molecular weight excluding hydrogens is 321 g/mol. The van der Waals surface area contributed by atoms with E-state index in [4.69, 9.17) is 14.4 Å². The van der Waals surface area contributed by atoms with Crippen molar-refractivity contribution in [3.8, 4) is 5.75 Å². The molecule has 1 aromatic carbocycles. The van der Waals surface area contributed by atoms with Crippen LogP contribution in [0.15, 0.2) is 18.2 Å². The van der Waals surface area contributed by atoms with Crippen LogP contribution in [0.1, 0.15) is 44.1 Å². The fourth-order valence-electron chi connectivity index (χ4n) is 5.45. The van der Waals surface area contributed by atoms with E-state index in [9.17, 15) is 0 Å². The van der Waals surface area contributed by atoms with Crippen LogP contribution in [0.4, 0.5) is 0 Å². The van der Waals surface area contributed by atoms with Crippen molar-refractivity contribution in [2.45, 2.75) is 43.9 Å². The Hall–Kier alpha value is -0.0666. The van der Waals surface area contributed by atoms with Gasteiger partial charge in [0.2, 0.25) is 0 Å². The van der Waals surface area contributed by atoms with Gasteiger partial charge in [-0.05, 0) is 42.4 Å². The number of ether oxygens (including phenoxy) is 1. The minimum atomic E-state index is 0.428. The van der Waals surface area contributed by atoms with Crippen LogP contribution in [0.5, 0.6) is 5.75 Å². The summed E-state index contributed by atoms with van der Waals surface area (Å²) in [6, 6.07) is 9.55. The molecule has 4 fully saturated rings. The number of hydrogen-bond acceptors (Lipinski definition) is 1. The average Bonchev–Trinajstić information content (AvgIpc) is 2.48. The predicted molar refractivity (Wildman–Crippen MR) is 77.5 cm³/mol. The van der Waals surface area contributed by atoms with E-state index < -0.39 is 0 Å². The predicted octanol–water partition coefficient (Wildman–Crippen LogP) is 4.65. The van der Waals surface area contributed by atoms with Crippen molar-refractivity contribution in [3.63, 3.8) is 0 Å². The molecule has 0 radical (unpaired) electrons. The van der Waals surface area contributed by atoms with E-state index in [1.165, 1.54) is 44.1 Å². The van der Waals surface area contributed by atoms with Gasteiger partial charge in [0.15, 0.2) is 0 Å². The molecule has 4 aliphatic rings. The van der Waals surface area contributed by atoms with Gasteiger partial charge in [0.05, 0.1) is 7.11 Å². The third-order valence-electron chi connectivity index (χ3n) is 5.65. The van der Waals surface area contributed by atoms with Crippen molar-refractivity contribution >= 4 is 9.69 Å². The molecule has 0 atom stereocenters. The van der Waals surface area contributed by atoms with E-state index in [0.29, 0.717) is 5.41 Å². The van der Waals surface area contributed by atoms with Gasteiger partial charge in [-0.3, -0.25) is 0 Å². The molecule has 4 saturated carbocycles. The molecule has 0 amide bonds. The second-order valence-corrected chi connectivity index (χ2v) is 6.82. The summed E-state index contributed by atoms with van der Waals surface area (Å²) in [6.07, 6.45) is 8.68. The van der Waals surface area contributed by atoms with Crippen molar-refractivity contribution in [2.75, 3.05) is 7.11 Å². The maximum absolute atomic E-state index is 5.61. The van der Waals surface area contributed by atoms with Gasteiger partial charge in [-0.25, -0.2) is 0 Å². The zero-order chi connectivity index (χ0) is 14.2. The second-order valence-electron chi connectivity index (χ2n) is 6.82. The van der Waals surface area contributed by atoms with Gasteiger partial charge in [0.1, 0.15) is 0 Å². The van der Waals surface area contributed by atoms with Crippen LogP contribution in [0.3, 0.4) is 0 Å². The molecule has 0 aromatic heterocycles. The van der Waals surface area contributed by atoms with E-state index in [2.05, 4.69) is 18.2 Å². The van der Waals surface area contributed by atoms with Gasteiger partial charge in [0.25, 0.3) is 0 Å². The normalized spacial score (nSPS) is 37.3. The number of rotatable bonds is 2. The first-order valence-corrected chi connectivity index (χ1v) is 11.5. The summed E-state index contributed by atoms with van der Waals surface area (Å²) in [7, 11) is 6.57. The van der Waals surface area contributed by atoms with Crippen LogP contribution in [0.2, 0.25) is 0 Å². The van der Waals surface area contributed by atoms with Crippen LogP contribution in [0, 0.1) is 23.8 Å². The first kappa shape index (κ1) is 14.9.